The zero-order valence-corrected chi connectivity index (χ0v) is 7.52. The van der Waals surface area contributed by atoms with E-state index < -0.39 is 30.1 Å². The molecule has 0 aliphatic carbocycles. The number of rotatable bonds is 3. The first kappa shape index (κ1) is 11.0. The largest absolute Gasteiger partial charge is 0.394 e. The SMILES string of the molecule is CN[C@H](CO)c1c(F)cc(F)cc1F. The van der Waals surface area contributed by atoms with Crippen LogP contribution in [0.2, 0.25) is 0 Å². The molecule has 1 rings (SSSR count). The third-order valence-electron chi connectivity index (χ3n) is 1.92. The van der Waals surface area contributed by atoms with Gasteiger partial charge >= 0.3 is 0 Å². The van der Waals surface area contributed by atoms with E-state index >= 15 is 0 Å². The summed E-state index contributed by atoms with van der Waals surface area (Å²) in [5.41, 5.74) is -0.351. The maximum atomic E-state index is 13.1. The van der Waals surface area contributed by atoms with Crippen LogP contribution in [-0.4, -0.2) is 18.8 Å². The number of hydrogen-bond acceptors (Lipinski definition) is 2. The van der Waals surface area contributed by atoms with Gasteiger partial charge < -0.3 is 10.4 Å². The van der Waals surface area contributed by atoms with Gasteiger partial charge in [-0.25, -0.2) is 13.2 Å². The van der Waals surface area contributed by atoms with Gasteiger partial charge in [-0.15, -0.1) is 0 Å². The molecule has 0 unspecified atom stereocenters. The summed E-state index contributed by atoms with van der Waals surface area (Å²) in [4.78, 5) is 0. The number of aliphatic hydroxyl groups is 1. The van der Waals surface area contributed by atoms with Crippen LogP contribution >= 0.6 is 0 Å². The third-order valence-corrected chi connectivity index (χ3v) is 1.92. The van der Waals surface area contributed by atoms with Crippen LogP contribution in [0.1, 0.15) is 11.6 Å². The molecule has 0 saturated heterocycles. The van der Waals surface area contributed by atoms with Gasteiger partial charge in [-0.3, -0.25) is 0 Å². The average molecular weight is 205 g/mol. The quantitative estimate of drug-likeness (QED) is 0.780. The molecule has 0 fully saturated rings. The molecule has 5 heteroatoms. The molecule has 1 aromatic carbocycles. The molecule has 0 saturated carbocycles. The summed E-state index contributed by atoms with van der Waals surface area (Å²) in [6.07, 6.45) is 0. The zero-order chi connectivity index (χ0) is 10.7. The van der Waals surface area contributed by atoms with Crippen molar-refractivity contribution in [1.82, 2.24) is 5.32 Å². The lowest BCUT2D eigenvalue weighted by atomic mass is 10.1. The van der Waals surface area contributed by atoms with E-state index in [0.29, 0.717) is 12.1 Å². The van der Waals surface area contributed by atoms with Crippen LogP contribution in [-0.2, 0) is 0 Å². The number of benzene rings is 1. The topological polar surface area (TPSA) is 32.3 Å². The van der Waals surface area contributed by atoms with E-state index in [4.69, 9.17) is 5.11 Å². The van der Waals surface area contributed by atoms with Gasteiger partial charge in [0.2, 0.25) is 0 Å². The Labute approximate surface area is 79.4 Å². The molecule has 0 heterocycles. The van der Waals surface area contributed by atoms with Crippen molar-refractivity contribution in [2.75, 3.05) is 13.7 Å². The highest BCUT2D eigenvalue weighted by molar-refractivity contribution is 5.24. The monoisotopic (exact) mass is 205 g/mol. The summed E-state index contributed by atoms with van der Waals surface area (Å²) in [5.74, 6) is -2.98. The predicted molar refractivity (Wildman–Crippen MR) is 45.2 cm³/mol. The number of aliphatic hydroxyl groups excluding tert-OH is 1. The Morgan fingerprint density at radius 1 is 1.29 bits per heavy atom. The van der Waals surface area contributed by atoms with Gasteiger partial charge in [0.05, 0.1) is 12.6 Å². The fourth-order valence-corrected chi connectivity index (χ4v) is 1.21. The van der Waals surface area contributed by atoms with E-state index in [2.05, 4.69) is 5.32 Å². The molecule has 0 aliphatic rings. The first-order valence-electron chi connectivity index (χ1n) is 4.02. The van der Waals surface area contributed by atoms with Gasteiger partial charge in [0.15, 0.2) is 0 Å². The van der Waals surface area contributed by atoms with E-state index in [1.165, 1.54) is 7.05 Å². The van der Waals surface area contributed by atoms with E-state index in [1.807, 2.05) is 0 Å². The van der Waals surface area contributed by atoms with Crippen molar-refractivity contribution in [3.63, 3.8) is 0 Å². The summed E-state index contributed by atoms with van der Waals surface area (Å²) < 4.78 is 38.7. The normalized spacial score (nSPS) is 12.9. The highest BCUT2D eigenvalue weighted by Crippen LogP contribution is 2.21. The standard InChI is InChI=1S/C9H10F3NO/c1-13-8(4-14)9-6(11)2-5(10)3-7(9)12/h2-3,8,13-14H,4H2,1H3/t8-/m1/s1. The lowest BCUT2D eigenvalue weighted by molar-refractivity contribution is 0.244. The molecule has 2 N–H and O–H groups in total. The van der Waals surface area contributed by atoms with Gasteiger partial charge in [0.1, 0.15) is 17.5 Å². The van der Waals surface area contributed by atoms with Crippen LogP contribution in [0.3, 0.4) is 0 Å². The summed E-state index contributed by atoms with van der Waals surface area (Å²) in [7, 11) is 1.45. The van der Waals surface area contributed by atoms with Gasteiger partial charge in [0.25, 0.3) is 0 Å². The molecular weight excluding hydrogens is 195 g/mol. The predicted octanol–water partition coefficient (Wildman–Crippen LogP) is 1.36. The summed E-state index contributed by atoms with van der Waals surface area (Å²) >= 11 is 0. The molecule has 0 spiro atoms. The molecule has 1 aromatic rings. The average Bonchev–Trinajstić information content (AvgIpc) is 2.10. The van der Waals surface area contributed by atoms with Gasteiger partial charge in [0, 0.05) is 17.7 Å². The number of nitrogens with one attached hydrogen (secondary N) is 1. The summed E-state index contributed by atoms with van der Waals surface area (Å²) in [5, 5.41) is 11.3. The fourth-order valence-electron chi connectivity index (χ4n) is 1.21. The summed E-state index contributed by atoms with van der Waals surface area (Å²) in [6.45, 7) is -0.462. The van der Waals surface area contributed by atoms with Gasteiger partial charge in [-0.2, -0.15) is 0 Å². The van der Waals surface area contributed by atoms with Crippen molar-refractivity contribution in [3.8, 4) is 0 Å². The molecule has 0 bridgehead atoms. The molecule has 78 valence electrons. The molecule has 0 amide bonds. The second-order valence-corrected chi connectivity index (χ2v) is 2.81. The van der Waals surface area contributed by atoms with Crippen molar-refractivity contribution in [2.45, 2.75) is 6.04 Å². The molecule has 1 atom stereocenters. The Bertz CT molecular complexity index is 303. The van der Waals surface area contributed by atoms with Crippen molar-refractivity contribution < 1.29 is 18.3 Å². The molecule has 0 radical (unpaired) electrons. The minimum absolute atomic E-state index is 0.351. The molecular formula is C9H10F3NO. The minimum atomic E-state index is -1.00. The van der Waals surface area contributed by atoms with Crippen LogP contribution < -0.4 is 5.32 Å². The van der Waals surface area contributed by atoms with Crippen molar-refractivity contribution in [1.29, 1.82) is 0 Å². The minimum Gasteiger partial charge on any atom is -0.394 e. The highest BCUT2D eigenvalue weighted by Gasteiger charge is 2.19. The van der Waals surface area contributed by atoms with Crippen LogP contribution in [0.15, 0.2) is 12.1 Å². The highest BCUT2D eigenvalue weighted by atomic mass is 19.1. The van der Waals surface area contributed by atoms with Crippen LogP contribution in [0.5, 0.6) is 0 Å². The molecule has 0 aromatic heterocycles. The first-order valence-corrected chi connectivity index (χ1v) is 4.02. The summed E-state index contributed by atoms with van der Waals surface area (Å²) in [6, 6.07) is 0.298. The van der Waals surface area contributed by atoms with Gasteiger partial charge in [-0.1, -0.05) is 0 Å². The number of halogens is 3. The zero-order valence-electron chi connectivity index (χ0n) is 7.52. The second kappa shape index (κ2) is 4.43. The van der Waals surface area contributed by atoms with Crippen LogP contribution in [0, 0.1) is 17.5 Å². The van der Waals surface area contributed by atoms with Crippen molar-refractivity contribution in [2.24, 2.45) is 0 Å². The van der Waals surface area contributed by atoms with E-state index in [-0.39, 0.29) is 5.56 Å². The smallest absolute Gasteiger partial charge is 0.133 e. The van der Waals surface area contributed by atoms with Crippen LogP contribution in [0.4, 0.5) is 13.2 Å². The fraction of sp³-hybridized carbons (Fsp3) is 0.333. The van der Waals surface area contributed by atoms with Crippen molar-refractivity contribution >= 4 is 0 Å². The van der Waals surface area contributed by atoms with E-state index in [9.17, 15) is 13.2 Å². The van der Waals surface area contributed by atoms with Crippen molar-refractivity contribution in [3.05, 3.63) is 35.1 Å². The Balaban J connectivity index is 3.19. The maximum absolute atomic E-state index is 13.1. The molecule has 14 heavy (non-hydrogen) atoms. The maximum Gasteiger partial charge on any atom is 0.133 e. The lowest BCUT2D eigenvalue weighted by Gasteiger charge is -2.15. The Hall–Kier alpha value is -1.07. The second-order valence-electron chi connectivity index (χ2n) is 2.81. The third kappa shape index (κ3) is 2.05. The molecule has 0 aliphatic heterocycles. The van der Waals surface area contributed by atoms with E-state index in [0.717, 1.165) is 0 Å². The molecule has 2 nitrogen and oxygen atoms in total. The first-order chi connectivity index (χ1) is 6.60. The Morgan fingerprint density at radius 3 is 2.14 bits per heavy atom. The number of likely N-dealkylation sites (N-methyl/N-ethyl adjacent to an activating group) is 1. The lowest BCUT2D eigenvalue weighted by Crippen LogP contribution is -2.22. The Morgan fingerprint density at radius 2 is 1.79 bits per heavy atom. The van der Waals surface area contributed by atoms with Gasteiger partial charge in [-0.05, 0) is 7.05 Å². The van der Waals surface area contributed by atoms with Crippen LogP contribution in [0.25, 0.3) is 0 Å². The Kier molecular flexibility index (Phi) is 3.49. The number of hydrogen-bond donors (Lipinski definition) is 2. The van der Waals surface area contributed by atoms with E-state index in [1.54, 1.807) is 0 Å².